The number of thiazole rings is 1. The summed E-state index contributed by atoms with van der Waals surface area (Å²) in [6.45, 7) is 0.550. The van der Waals surface area contributed by atoms with Gasteiger partial charge in [0.25, 0.3) is 0 Å². The van der Waals surface area contributed by atoms with E-state index in [1.807, 2.05) is 5.38 Å². The average Bonchev–Trinajstić information content (AvgIpc) is 2.71. The molecule has 1 heterocycles. The maximum Gasteiger partial charge on any atom is 0.129 e. The maximum absolute atomic E-state index is 13.4. The molecule has 0 fully saturated rings. The highest BCUT2D eigenvalue weighted by Gasteiger charge is 2.07. The quantitative estimate of drug-likeness (QED) is 0.910. The van der Waals surface area contributed by atoms with Crippen molar-refractivity contribution >= 4 is 11.3 Å². The van der Waals surface area contributed by atoms with Crippen molar-refractivity contribution in [1.29, 1.82) is 0 Å². The lowest BCUT2D eigenvalue weighted by atomic mass is 10.1. The van der Waals surface area contributed by atoms with E-state index >= 15 is 0 Å². The molecule has 0 unspecified atom stereocenters. The molecule has 0 aliphatic carbocycles. The van der Waals surface area contributed by atoms with Gasteiger partial charge in [-0.15, -0.1) is 11.3 Å². The molecule has 0 aliphatic rings. The molecule has 0 saturated heterocycles. The van der Waals surface area contributed by atoms with Crippen molar-refractivity contribution in [2.45, 2.75) is 12.8 Å². The van der Waals surface area contributed by atoms with Crippen molar-refractivity contribution in [2.75, 3.05) is 6.54 Å². The van der Waals surface area contributed by atoms with Crippen molar-refractivity contribution in [1.82, 2.24) is 4.98 Å². The molecule has 0 radical (unpaired) electrons. The average molecular weight is 254 g/mol. The van der Waals surface area contributed by atoms with Gasteiger partial charge < -0.3 is 5.73 Å². The van der Waals surface area contributed by atoms with Gasteiger partial charge in [0.05, 0.1) is 10.7 Å². The number of aromatic nitrogens is 1. The number of benzene rings is 1. The molecular formula is C12H12F2N2S. The third kappa shape index (κ3) is 3.08. The number of halogens is 2. The summed E-state index contributed by atoms with van der Waals surface area (Å²) < 4.78 is 26.1. The normalized spacial score (nSPS) is 10.8. The zero-order chi connectivity index (χ0) is 12.3. The summed E-state index contributed by atoms with van der Waals surface area (Å²) in [4.78, 5) is 4.34. The van der Waals surface area contributed by atoms with Crippen molar-refractivity contribution in [3.63, 3.8) is 0 Å². The highest BCUT2D eigenvalue weighted by atomic mass is 32.1. The maximum atomic E-state index is 13.4. The van der Waals surface area contributed by atoms with E-state index in [2.05, 4.69) is 4.98 Å². The first-order chi connectivity index (χ1) is 8.19. The van der Waals surface area contributed by atoms with Gasteiger partial charge in [0.1, 0.15) is 11.6 Å². The van der Waals surface area contributed by atoms with E-state index < -0.39 is 11.6 Å². The van der Waals surface area contributed by atoms with Gasteiger partial charge in [0, 0.05) is 24.3 Å². The van der Waals surface area contributed by atoms with Crippen LogP contribution in [0.2, 0.25) is 0 Å². The monoisotopic (exact) mass is 254 g/mol. The number of nitrogens with zero attached hydrogens (tertiary/aromatic N) is 1. The zero-order valence-corrected chi connectivity index (χ0v) is 9.94. The van der Waals surface area contributed by atoms with Crippen LogP contribution in [0.3, 0.4) is 0 Å². The van der Waals surface area contributed by atoms with E-state index in [9.17, 15) is 8.78 Å². The molecular weight excluding hydrogens is 242 g/mol. The largest absolute Gasteiger partial charge is 0.330 e. The molecule has 2 rings (SSSR count). The number of rotatable bonds is 4. The first-order valence-corrected chi connectivity index (χ1v) is 6.14. The van der Waals surface area contributed by atoms with Crippen LogP contribution < -0.4 is 5.73 Å². The summed E-state index contributed by atoms with van der Waals surface area (Å²) >= 11 is 1.47. The van der Waals surface area contributed by atoms with Crippen LogP contribution in [0.5, 0.6) is 0 Å². The zero-order valence-electron chi connectivity index (χ0n) is 9.12. The van der Waals surface area contributed by atoms with E-state index in [0.29, 0.717) is 18.5 Å². The fourth-order valence-corrected chi connectivity index (χ4v) is 2.37. The number of nitrogens with two attached hydrogens (primary N) is 1. The fourth-order valence-electron chi connectivity index (χ4n) is 1.52. The van der Waals surface area contributed by atoms with Crippen molar-refractivity contribution in [3.05, 3.63) is 51.5 Å². The van der Waals surface area contributed by atoms with Crippen molar-refractivity contribution in [2.24, 2.45) is 5.73 Å². The van der Waals surface area contributed by atoms with Gasteiger partial charge in [-0.2, -0.15) is 0 Å². The Morgan fingerprint density at radius 2 is 2.12 bits per heavy atom. The van der Waals surface area contributed by atoms with Crippen LogP contribution in [0.15, 0.2) is 23.6 Å². The Kier molecular flexibility index (Phi) is 3.81. The summed E-state index contributed by atoms with van der Waals surface area (Å²) in [7, 11) is 0. The molecule has 0 amide bonds. The Morgan fingerprint density at radius 3 is 2.82 bits per heavy atom. The predicted octanol–water partition coefficient (Wildman–Crippen LogP) is 2.51. The molecule has 5 heteroatoms. The SMILES string of the molecule is NCCc1csc(Cc2ccc(F)cc2F)n1. The summed E-state index contributed by atoms with van der Waals surface area (Å²) in [6.07, 6.45) is 1.11. The molecule has 0 aliphatic heterocycles. The van der Waals surface area contributed by atoms with E-state index in [0.717, 1.165) is 23.2 Å². The standard InChI is InChI=1S/C12H12F2N2S/c13-9-2-1-8(11(14)6-9)5-12-16-10(3-4-15)7-17-12/h1-2,6-7H,3-5,15H2. The van der Waals surface area contributed by atoms with Crippen LogP contribution in [-0.2, 0) is 12.8 Å². The highest BCUT2D eigenvalue weighted by molar-refractivity contribution is 7.09. The van der Waals surface area contributed by atoms with E-state index in [-0.39, 0.29) is 0 Å². The van der Waals surface area contributed by atoms with Gasteiger partial charge >= 0.3 is 0 Å². The molecule has 0 spiro atoms. The molecule has 2 N–H and O–H groups in total. The lowest BCUT2D eigenvalue weighted by molar-refractivity contribution is 0.574. The first-order valence-electron chi connectivity index (χ1n) is 5.26. The molecule has 2 nitrogen and oxygen atoms in total. The third-order valence-electron chi connectivity index (χ3n) is 2.36. The number of hydrogen-bond donors (Lipinski definition) is 1. The Bertz CT molecular complexity index is 511. The molecule has 0 bridgehead atoms. The topological polar surface area (TPSA) is 38.9 Å². The van der Waals surface area contributed by atoms with Gasteiger partial charge in [-0.25, -0.2) is 13.8 Å². The third-order valence-corrected chi connectivity index (χ3v) is 3.25. The Labute approximate surface area is 102 Å². The fraction of sp³-hybridized carbons (Fsp3) is 0.250. The van der Waals surface area contributed by atoms with E-state index in [1.54, 1.807) is 0 Å². The minimum atomic E-state index is -0.561. The molecule has 17 heavy (non-hydrogen) atoms. The van der Waals surface area contributed by atoms with Crippen molar-refractivity contribution in [3.8, 4) is 0 Å². The lowest BCUT2D eigenvalue weighted by Gasteiger charge is -2.00. The summed E-state index contributed by atoms with van der Waals surface area (Å²) in [5, 5.41) is 2.74. The predicted molar refractivity (Wildman–Crippen MR) is 64.0 cm³/mol. The van der Waals surface area contributed by atoms with Gasteiger partial charge in [0.2, 0.25) is 0 Å². The summed E-state index contributed by atoms with van der Waals surface area (Å²) in [5.41, 5.74) is 6.81. The van der Waals surface area contributed by atoms with Gasteiger partial charge in [-0.3, -0.25) is 0 Å². The molecule has 1 aromatic heterocycles. The van der Waals surface area contributed by atoms with Crippen LogP contribution in [-0.4, -0.2) is 11.5 Å². The molecule has 90 valence electrons. The Balaban J connectivity index is 2.13. The van der Waals surface area contributed by atoms with Crippen LogP contribution in [0.25, 0.3) is 0 Å². The summed E-state index contributed by atoms with van der Waals surface area (Å²) in [6, 6.07) is 3.60. The summed E-state index contributed by atoms with van der Waals surface area (Å²) in [5.74, 6) is -1.09. The second-order valence-corrected chi connectivity index (χ2v) is 4.63. The van der Waals surface area contributed by atoms with Gasteiger partial charge in [0.15, 0.2) is 0 Å². The molecule has 0 atom stereocenters. The van der Waals surface area contributed by atoms with Gasteiger partial charge in [-0.05, 0) is 18.2 Å². The smallest absolute Gasteiger partial charge is 0.129 e. The molecule has 2 aromatic rings. The lowest BCUT2D eigenvalue weighted by Crippen LogP contribution is -2.03. The Hall–Kier alpha value is -1.33. The second-order valence-electron chi connectivity index (χ2n) is 3.68. The minimum Gasteiger partial charge on any atom is -0.330 e. The van der Waals surface area contributed by atoms with E-state index in [1.165, 1.54) is 23.5 Å². The first kappa shape index (κ1) is 12.1. The van der Waals surface area contributed by atoms with Crippen molar-refractivity contribution < 1.29 is 8.78 Å². The van der Waals surface area contributed by atoms with Crippen LogP contribution >= 0.6 is 11.3 Å². The number of hydrogen-bond acceptors (Lipinski definition) is 3. The van der Waals surface area contributed by atoms with Crippen LogP contribution in [0.1, 0.15) is 16.3 Å². The van der Waals surface area contributed by atoms with Crippen LogP contribution in [0.4, 0.5) is 8.78 Å². The van der Waals surface area contributed by atoms with E-state index in [4.69, 9.17) is 5.73 Å². The minimum absolute atomic E-state index is 0.390. The molecule has 1 aromatic carbocycles. The van der Waals surface area contributed by atoms with Gasteiger partial charge in [-0.1, -0.05) is 6.07 Å². The molecule has 0 saturated carbocycles. The second kappa shape index (κ2) is 5.33. The van der Waals surface area contributed by atoms with Crippen LogP contribution in [0, 0.1) is 11.6 Å². The highest BCUT2D eigenvalue weighted by Crippen LogP contribution is 2.18. The Morgan fingerprint density at radius 1 is 1.29 bits per heavy atom.